The first-order valence-corrected chi connectivity index (χ1v) is 6.20. The molecule has 80 valence electrons. The number of hydrogen-bond donors (Lipinski definition) is 1. The molecule has 0 saturated carbocycles. The van der Waals surface area contributed by atoms with Crippen molar-refractivity contribution in [2.24, 2.45) is 5.73 Å². The molecule has 0 saturated heterocycles. The highest BCUT2D eigenvalue weighted by Crippen LogP contribution is 2.06. The Bertz CT molecular complexity index is 396. The zero-order chi connectivity index (χ0) is 10.8. The lowest BCUT2D eigenvalue weighted by molar-refractivity contribution is 0.357. The first-order chi connectivity index (χ1) is 6.38. The molecule has 0 radical (unpaired) electrons. The zero-order valence-electron chi connectivity index (χ0n) is 8.10. The quantitative estimate of drug-likeness (QED) is 0.744. The zero-order valence-corrected chi connectivity index (χ0v) is 8.91. The molecular weight excluding hydrogens is 206 g/mol. The van der Waals surface area contributed by atoms with Crippen LogP contribution in [0.4, 0.5) is 0 Å². The lowest BCUT2D eigenvalue weighted by Gasteiger charge is -1.93. The number of nitrogens with zero attached hydrogens (tertiary/aromatic N) is 2. The summed E-state index contributed by atoms with van der Waals surface area (Å²) in [4.78, 5) is 3.95. The van der Waals surface area contributed by atoms with E-state index in [1.54, 1.807) is 6.92 Å². The van der Waals surface area contributed by atoms with Crippen molar-refractivity contribution in [1.29, 1.82) is 0 Å². The van der Waals surface area contributed by atoms with E-state index in [0.717, 1.165) is 0 Å². The molecule has 0 spiro atoms. The molecule has 0 unspecified atom stereocenters. The molecule has 1 aromatic heterocycles. The van der Waals surface area contributed by atoms with Crippen molar-refractivity contribution in [3.05, 3.63) is 11.7 Å². The minimum Gasteiger partial charge on any atom is -0.338 e. The van der Waals surface area contributed by atoms with Gasteiger partial charge in [0.25, 0.3) is 0 Å². The average Bonchev–Trinajstić information content (AvgIpc) is 2.47. The molecule has 1 rings (SSSR count). The van der Waals surface area contributed by atoms with Gasteiger partial charge in [-0.25, -0.2) is 8.42 Å². The third-order valence-electron chi connectivity index (χ3n) is 1.57. The molecule has 0 aliphatic rings. The van der Waals surface area contributed by atoms with E-state index in [2.05, 4.69) is 10.1 Å². The molecule has 2 N–H and O–H groups in total. The fraction of sp³-hybridized carbons (Fsp3) is 0.714. The first kappa shape index (κ1) is 11.1. The predicted octanol–water partition coefficient (Wildman–Crippen LogP) is -0.324. The Morgan fingerprint density at radius 1 is 1.57 bits per heavy atom. The standard InChI is InChI=1S/C7H13N3O3S/c1-5(8)7-9-6(10-13-7)3-4-14(2,11)12/h5H,3-4,8H2,1-2H3/t5-/m1/s1. The van der Waals surface area contributed by atoms with Crippen LogP contribution in [0.3, 0.4) is 0 Å². The van der Waals surface area contributed by atoms with Crippen LogP contribution in [0.15, 0.2) is 4.52 Å². The Labute approximate surface area is 82.4 Å². The van der Waals surface area contributed by atoms with Crippen LogP contribution in [0, 0.1) is 0 Å². The van der Waals surface area contributed by atoms with Crippen LogP contribution < -0.4 is 5.73 Å². The monoisotopic (exact) mass is 219 g/mol. The topological polar surface area (TPSA) is 99.1 Å². The molecule has 14 heavy (non-hydrogen) atoms. The van der Waals surface area contributed by atoms with E-state index in [1.807, 2.05) is 0 Å². The van der Waals surface area contributed by atoms with E-state index in [1.165, 1.54) is 6.26 Å². The van der Waals surface area contributed by atoms with E-state index in [9.17, 15) is 8.42 Å². The van der Waals surface area contributed by atoms with Crippen molar-refractivity contribution in [2.45, 2.75) is 19.4 Å². The summed E-state index contributed by atoms with van der Waals surface area (Å²) in [5, 5.41) is 3.61. The van der Waals surface area contributed by atoms with Gasteiger partial charge in [-0.1, -0.05) is 5.16 Å². The van der Waals surface area contributed by atoms with Crippen molar-refractivity contribution in [1.82, 2.24) is 10.1 Å². The Kier molecular flexibility index (Phi) is 3.22. The van der Waals surface area contributed by atoms with Crippen LogP contribution in [0.2, 0.25) is 0 Å². The lowest BCUT2D eigenvalue weighted by Crippen LogP contribution is -2.08. The van der Waals surface area contributed by atoms with Gasteiger partial charge in [-0.15, -0.1) is 0 Å². The summed E-state index contributed by atoms with van der Waals surface area (Å²) in [6.07, 6.45) is 1.43. The number of sulfone groups is 1. The molecule has 0 fully saturated rings. The van der Waals surface area contributed by atoms with Crippen molar-refractivity contribution < 1.29 is 12.9 Å². The summed E-state index contributed by atoms with van der Waals surface area (Å²) in [7, 11) is -2.99. The fourth-order valence-corrected chi connectivity index (χ4v) is 1.38. The molecule has 6 nitrogen and oxygen atoms in total. The molecule has 1 atom stereocenters. The smallest absolute Gasteiger partial charge is 0.243 e. The average molecular weight is 219 g/mol. The molecule has 0 aromatic carbocycles. The number of aromatic nitrogens is 2. The highest BCUT2D eigenvalue weighted by atomic mass is 32.2. The minimum atomic E-state index is -2.99. The minimum absolute atomic E-state index is 0.0188. The maximum absolute atomic E-state index is 10.8. The number of hydrogen-bond acceptors (Lipinski definition) is 6. The van der Waals surface area contributed by atoms with Gasteiger partial charge >= 0.3 is 0 Å². The van der Waals surface area contributed by atoms with E-state index in [-0.39, 0.29) is 18.2 Å². The number of rotatable bonds is 4. The van der Waals surface area contributed by atoms with Crippen molar-refractivity contribution in [3.8, 4) is 0 Å². The normalized spacial score (nSPS) is 14.2. The van der Waals surface area contributed by atoms with Crippen molar-refractivity contribution in [3.63, 3.8) is 0 Å². The van der Waals surface area contributed by atoms with Gasteiger partial charge in [-0.3, -0.25) is 0 Å². The molecular formula is C7H13N3O3S. The van der Waals surface area contributed by atoms with Crippen LogP contribution in [-0.4, -0.2) is 30.6 Å². The molecule has 0 aliphatic heterocycles. The molecule has 0 bridgehead atoms. The molecule has 1 heterocycles. The molecule has 0 amide bonds. The Balaban J connectivity index is 2.61. The van der Waals surface area contributed by atoms with Crippen LogP contribution in [0.25, 0.3) is 0 Å². The fourth-order valence-electron chi connectivity index (χ4n) is 0.831. The Hall–Kier alpha value is -0.950. The van der Waals surface area contributed by atoms with Gasteiger partial charge < -0.3 is 10.3 Å². The molecule has 7 heteroatoms. The molecule has 1 aromatic rings. The second kappa shape index (κ2) is 4.05. The van der Waals surface area contributed by atoms with E-state index < -0.39 is 9.84 Å². The Morgan fingerprint density at radius 3 is 2.64 bits per heavy atom. The maximum Gasteiger partial charge on any atom is 0.243 e. The van der Waals surface area contributed by atoms with Crippen LogP contribution >= 0.6 is 0 Å². The third kappa shape index (κ3) is 3.43. The summed E-state index contributed by atoms with van der Waals surface area (Å²) in [5.41, 5.74) is 5.49. The first-order valence-electron chi connectivity index (χ1n) is 4.14. The summed E-state index contributed by atoms with van der Waals surface area (Å²) >= 11 is 0. The summed E-state index contributed by atoms with van der Waals surface area (Å²) in [6.45, 7) is 1.72. The van der Waals surface area contributed by atoms with E-state index >= 15 is 0 Å². The van der Waals surface area contributed by atoms with Gasteiger partial charge in [0.05, 0.1) is 11.8 Å². The van der Waals surface area contributed by atoms with Crippen LogP contribution in [0.1, 0.15) is 24.7 Å². The lowest BCUT2D eigenvalue weighted by atomic mass is 10.4. The predicted molar refractivity (Wildman–Crippen MR) is 50.3 cm³/mol. The van der Waals surface area contributed by atoms with Gasteiger partial charge in [0.1, 0.15) is 9.84 Å². The molecule has 0 aliphatic carbocycles. The summed E-state index contributed by atoms with van der Waals surface area (Å²) in [5.74, 6) is 0.724. The highest BCUT2D eigenvalue weighted by molar-refractivity contribution is 7.90. The highest BCUT2D eigenvalue weighted by Gasteiger charge is 2.11. The summed E-state index contributed by atoms with van der Waals surface area (Å²) in [6, 6.07) is -0.325. The SMILES string of the molecule is C[C@@H](N)c1nc(CCS(C)(=O)=O)no1. The maximum atomic E-state index is 10.8. The Morgan fingerprint density at radius 2 is 2.21 bits per heavy atom. The van der Waals surface area contributed by atoms with Gasteiger partial charge in [-0.2, -0.15) is 4.98 Å². The van der Waals surface area contributed by atoms with Crippen LogP contribution in [-0.2, 0) is 16.3 Å². The van der Waals surface area contributed by atoms with E-state index in [0.29, 0.717) is 11.7 Å². The van der Waals surface area contributed by atoms with Crippen molar-refractivity contribution in [2.75, 3.05) is 12.0 Å². The van der Waals surface area contributed by atoms with E-state index in [4.69, 9.17) is 10.3 Å². The van der Waals surface area contributed by atoms with Gasteiger partial charge in [0, 0.05) is 12.7 Å². The largest absolute Gasteiger partial charge is 0.338 e. The second-order valence-corrected chi connectivity index (χ2v) is 5.48. The van der Waals surface area contributed by atoms with Crippen LogP contribution in [0.5, 0.6) is 0 Å². The van der Waals surface area contributed by atoms with Gasteiger partial charge in [0.15, 0.2) is 5.82 Å². The van der Waals surface area contributed by atoms with Crippen molar-refractivity contribution >= 4 is 9.84 Å². The number of nitrogens with two attached hydrogens (primary N) is 1. The second-order valence-electron chi connectivity index (χ2n) is 3.22. The third-order valence-corrected chi connectivity index (χ3v) is 2.52. The number of aryl methyl sites for hydroxylation is 1. The van der Waals surface area contributed by atoms with Gasteiger partial charge in [0.2, 0.25) is 5.89 Å². The summed E-state index contributed by atoms with van der Waals surface area (Å²) < 4.78 is 26.5. The van der Waals surface area contributed by atoms with Gasteiger partial charge in [-0.05, 0) is 6.92 Å².